The fourth-order valence-corrected chi connectivity index (χ4v) is 4.87. The van der Waals surface area contributed by atoms with Crippen LogP contribution in [0.2, 0.25) is 0 Å². The summed E-state index contributed by atoms with van der Waals surface area (Å²) in [7, 11) is 1.63. The van der Waals surface area contributed by atoms with Crippen LogP contribution in [0.15, 0.2) is 61.1 Å². The number of alkyl halides is 3. The number of piperidine rings is 1. The molecule has 6 nitrogen and oxygen atoms in total. The fraction of sp³-hybridized carbons (Fsp3) is 0.407. The van der Waals surface area contributed by atoms with Crippen molar-refractivity contribution in [3.8, 4) is 11.8 Å². The Hall–Kier alpha value is -3.06. The molecule has 10 heteroatoms. The predicted molar refractivity (Wildman–Crippen MR) is 135 cm³/mol. The highest BCUT2D eigenvalue weighted by atomic mass is 35.5. The van der Waals surface area contributed by atoms with Gasteiger partial charge in [0.2, 0.25) is 0 Å². The predicted octanol–water partition coefficient (Wildman–Crippen LogP) is 5.59. The van der Waals surface area contributed by atoms with Crippen LogP contribution in [0.4, 0.5) is 13.2 Å². The van der Waals surface area contributed by atoms with Gasteiger partial charge in [0.1, 0.15) is 5.75 Å². The number of aromatic nitrogens is 2. The molecule has 0 aliphatic carbocycles. The van der Waals surface area contributed by atoms with E-state index < -0.39 is 6.36 Å². The van der Waals surface area contributed by atoms with Crippen molar-refractivity contribution in [3.05, 3.63) is 83.4 Å². The van der Waals surface area contributed by atoms with E-state index in [-0.39, 0.29) is 23.6 Å². The number of methoxy groups -OCH3 is 1. The molecule has 3 aromatic rings. The van der Waals surface area contributed by atoms with E-state index in [9.17, 15) is 13.2 Å². The number of nitrogens with zero attached hydrogens (tertiary/aromatic N) is 4. The summed E-state index contributed by atoms with van der Waals surface area (Å²) in [5.41, 5.74) is 3.08. The standard InChI is InChI=1S/C27H29F3N4O2.ClH/c1-35-19-26(14-23-4-2-3-5-25(23)36-27(28,29)30)10-12-33(13-11-26)18-24-16-32-20-34(24)17-22-8-6-21(15-31)7-9-22;/h2-9,16,20H,10-14,17-19H2,1H3;1H. The molecule has 0 N–H and O–H groups in total. The molecule has 0 radical (unpaired) electrons. The lowest BCUT2D eigenvalue weighted by molar-refractivity contribution is -0.275. The zero-order valence-corrected chi connectivity index (χ0v) is 21.4. The van der Waals surface area contributed by atoms with Gasteiger partial charge < -0.3 is 14.0 Å². The van der Waals surface area contributed by atoms with Crippen molar-refractivity contribution in [2.45, 2.75) is 38.7 Å². The molecule has 0 atom stereocenters. The van der Waals surface area contributed by atoms with Crippen LogP contribution in [-0.4, -0.2) is 47.6 Å². The maximum atomic E-state index is 12.9. The summed E-state index contributed by atoms with van der Waals surface area (Å²) in [5.74, 6) is -0.144. The third-order valence-electron chi connectivity index (χ3n) is 6.75. The Kier molecular flexibility index (Phi) is 9.60. The molecule has 0 amide bonds. The highest BCUT2D eigenvalue weighted by Gasteiger charge is 2.37. The van der Waals surface area contributed by atoms with Crippen LogP contribution in [0, 0.1) is 16.7 Å². The van der Waals surface area contributed by atoms with Gasteiger partial charge in [0.05, 0.1) is 30.3 Å². The number of hydrogen-bond acceptors (Lipinski definition) is 5. The lowest BCUT2D eigenvalue weighted by atomic mass is 9.74. The summed E-state index contributed by atoms with van der Waals surface area (Å²) < 4.78 is 50.6. The van der Waals surface area contributed by atoms with Crippen LogP contribution in [0.1, 0.15) is 35.2 Å². The lowest BCUT2D eigenvalue weighted by Crippen LogP contribution is -2.43. The molecule has 1 aliphatic rings. The molecule has 4 rings (SSSR count). The van der Waals surface area contributed by atoms with Crippen LogP contribution in [0.3, 0.4) is 0 Å². The minimum atomic E-state index is -4.73. The Balaban J connectivity index is 0.00000380. The Morgan fingerprint density at radius 2 is 1.76 bits per heavy atom. The van der Waals surface area contributed by atoms with Crippen LogP contribution in [-0.2, 0) is 24.2 Å². The molecule has 2 heterocycles. The average Bonchev–Trinajstić information content (AvgIpc) is 3.28. The number of ether oxygens (including phenoxy) is 2. The number of hydrogen-bond donors (Lipinski definition) is 0. The van der Waals surface area contributed by atoms with Gasteiger partial charge in [0.25, 0.3) is 0 Å². The molecule has 0 saturated carbocycles. The van der Waals surface area contributed by atoms with Crippen LogP contribution < -0.4 is 4.74 Å². The van der Waals surface area contributed by atoms with Crippen molar-refractivity contribution in [1.82, 2.24) is 14.5 Å². The molecule has 1 fully saturated rings. The first-order valence-electron chi connectivity index (χ1n) is 11.8. The SMILES string of the molecule is COCC1(Cc2ccccc2OC(F)(F)F)CCN(Cc2cncn2Cc2ccc(C#N)cc2)CC1.Cl. The van der Waals surface area contributed by atoms with Crippen molar-refractivity contribution in [2.75, 3.05) is 26.8 Å². The molecule has 0 spiro atoms. The zero-order chi connectivity index (χ0) is 25.6. The van der Waals surface area contributed by atoms with Gasteiger partial charge in [-0.15, -0.1) is 25.6 Å². The van der Waals surface area contributed by atoms with E-state index >= 15 is 0 Å². The fourth-order valence-electron chi connectivity index (χ4n) is 4.87. The number of imidazole rings is 1. The van der Waals surface area contributed by atoms with Crippen LogP contribution in [0.25, 0.3) is 0 Å². The van der Waals surface area contributed by atoms with Crippen molar-refractivity contribution in [3.63, 3.8) is 0 Å². The quantitative estimate of drug-likeness (QED) is 0.358. The maximum absolute atomic E-state index is 12.9. The van der Waals surface area contributed by atoms with Gasteiger partial charge in [-0.05, 0) is 61.7 Å². The summed E-state index contributed by atoms with van der Waals surface area (Å²) in [4.78, 5) is 6.67. The monoisotopic (exact) mass is 534 g/mol. The maximum Gasteiger partial charge on any atom is 0.573 e. The average molecular weight is 535 g/mol. The lowest BCUT2D eigenvalue weighted by Gasteiger charge is -2.42. The molecular formula is C27H30ClF3N4O2. The normalized spacial score (nSPS) is 15.5. The first-order chi connectivity index (χ1) is 17.3. The van der Waals surface area contributed by atoms with Crippen molar-refractivity contribution < 1.29 is 22.6 Å². The third-order valence-corrected chi connectivity index (χ3v) is 6.75. The highest BCUT2D eigenvalue weighted by molar-refractivity contribution is 5.85. The van der Waals surface area contributed by atoms with Gasteiger partial charge in [-0.3, -0.25) is 4.90 Å². The minimum absolute atomic E-state index is 0. The number of nitriles is 1. The summed E-state index contributed by atoms with van der Waals surface area (Å²) in [6.45, 7) is 3.46. The van der Waals surface area contributed by atoms with Gasteiger partial charge in [-0.1, -0.05) is 30.3 Å². The summed E-state index contributed by atoms with van der Waals surface area (Å²) in [5, 5.41) is 8.99. The van der Waals surface area contributed by atoms with E-state index in [4.69, 9.17) is 10.00 Å². The molecule has 1 aliphatic heterocycles. The summed E-state index contributed by atoms with van der Waals surface area (Å²) in [6, 6.07) is 16.0. The van der Waals surface area contributed by atoms with E-state index in [0.29, 0.717) is 30.7 Å². The van der Waals surface area contributed by atoms with E-state index in [1.54, 1.807) is 25.3 Å². The Labute approximate surface area is 221 Å². The van der Waals surface area contributed by atoms with Gasteiger partial charge in [-0.2, -0.15) is 5.26 Å². The summed E-state index contributed by atoms with van der Waals surface area (Å²) >= 11 is 0. The number of rotatable bonds is 9. The van der Waals surface area contributed by atoms with Crippen molar-refractivity contribution in [2.24, 2.45) is 5.41 Å². The van der Waals surface area contributed by atoms with E-state index in [2.05, 4.69) is 25.3 Å². The molecular weight excluding hydrogens is 505 g/mol. The van der Waals surface area contributed by atoms with E-state index in [1.165, 1.54) is 6.07 Å². The Bertz CT molecular complexity index is 1180. The molecule has 1 aromatic heterocycles. The number of likely N-dealkylation sites (tertiary alicyclic amines) is 1. The second kappa shape index (κ2) is 12.5. The first-order valence-corrected chi connectivity index (χ1v) is 11.8. The van der Waals surface area contributed by atoms with Gasteiger partial charge in [-0.25, -0.2) is 4.98 Å². The topological polar surface area (TPSA) is 63.3 Å². The zero-order valence-electron chi connectivity index (χ0n) is 20.6. The smallest absolute Gasteiger partial charge is 0.406 e. The molecule has 198 valence electrons. The number of para-hydroxylation sites is 1. The van der Waals surface area contributed by atoms with Crippen molar-refractivity contribution >= 4 is 12.4 Å². The second-order valence-corrected chi connectivity index (χ2v) is 9.36. The number of benzene rings is 2. The second-order valence-electron chi connectivity index (χ2n) is 9.36. The summed E-state index contributed by atoms with van der Waals surface area (Å²) in [6.07, 6.45) is 0.998. The molecule has 0 unspecified atom stereocenters. The van der Waals surface area contributed by atoms with Crippen LogP contribution in [0.5, 0.6) is 5.75 Å². The van der Waals surface area contributed by atoms with Gasteiger partial charge in [0.15, 0.2) is 0 Å². The molecule has 2 aromatic carbocycles. The largest absolute Gasteiger partial charge is 0.573 e. The van der Waals surface area contributed by atoms with Crippen molar-refractivity contribution in [1.29, 1.82) is 5.26 Å². The van der Waals surface area contributed by atoms with Gasteiger partial charge >= 0.3 is 6.36 Å². The van der Waals surface area contributed by atoms with Gasteiger partial charge in [0, 0.05) is 31.8 Å². The van der Waals surface area contributed by atoms with E-state index in [1.807, 2.05) is 36.8 Å². The Morgan fingerprint density at radius 3 is 2.41 bits per heavy atom. The van der Waals surface area contributed by atoms with E-state index in [0.717, 1.165) is 43.7 Å². The molecule has 1 saturated heterocycles. The highest BCUT2D eigenvalue weighted by Crippen LogP contribution is 2.39. The minimum Gasteiger partial charge on any atom is -0.406 e. The third kappa shape index (κ3) is 7.71. The Morgan fingerprint density at radius 1 is 1.05 bits per heavy atom. The molecule has 0 bridgehead atoms. The van der Waals surface area contributed by atoms with Crippen LogP contribution >= 0.6 is 12.4 Å². The first kappa shape index (κ1) is 28.5. The number of halogens is 4. The molecule has 37 heavy (non-hydrogen) atoms.